The molecule has 0 saturated carbocycles. The first-order valence-corrected chi connectivity index (χ1v) is 11.9. The van der Waals surface area contributed by atoms with Crippen molar-refractivity contribution < 1.29 is 9.53 Å². The van der Waals surface area contributed by atoms with Crippen molar-refractivity contribution in [1.82, 2.24) is 20.4 Å². The van der Waals surface area contributed by atoms with E-state index in [1.165, 1.54) is 12.0 Å². The number of amides is 1. The third-order valence-electron chi connectivity index (χ3n) is 6.01. The molecular formula is C24H39N5O2. The molecule has 7 heteroatoms. The third kappa shape index (κ3) is 7.82. The molecule has 7 nitrogen and oxygen atoms in total. The van der Waals surface area contributed by atoms with E-state index in [1.54, 1.807) is 0 Å². The molecular weight excluding hydrogens is 390 g/mol. The van der Waals surface area contributed by atoms with Crippen molar-refractivity contribution in [3.8, 4) is 0 Å². The predicted molar refractivity (Wildman–Crippen MR) is 125 cm³/mol. The Balaban J connectivity index is 1.54. The highest BCUT2D eigenvalue weighted by Crippen LogP contribution is 2.22. The molecule has 0 spiro atoms. The van der Waals surface area contributed by atoms with Crippen molar-refractivity contribution in [2.24, 2.45) is 4.99 Å². The Morgan fingerprint density at radius 2 is 1.90 bits per heavy atom. The number of ether oxygens (including phenoxy) is 1. The number of carbonyl (C=O) groups excluding carboxylic acids is 1. The van der Waals surface area contributed by atoms with Gasteiger partial charge in [-0.1, -0.05) is 36.8 Å². The summed E-state index contributed by atoms with van der Waals surface area (Å²) in [7, 11) is 0. The minimum absolute atomic E-state index is 0.246. The standard InChI is InChI=1S/C24H39N5O2/c1-2-25-24(26-13-9-15-29-14-8-4-7-12-23(29)30)27-20-22(21-10-5-3-6-11-21)28-16-18-31-19-17-28/h3,5-6,10-11,22H,2,4,7-9,12-20H2,1H3,(H2,25,26,27). The molecule has 2 saturated heterocycles. The second-order valence-electron chi connectivity index (χ2n) is 8.27. The van der Waals surface area contributed by atoms with E-state index in [-0.39, 0.29) is 6.04 Å². The van der Waals surface area contributed by atoms with Gasteiger partial charge in [0.15, 0.2) is 5.96 Å². The average molecular weight is 430 g/mol. The van der Waals surface area contributed by atoms with Gasteiger partial charge in [0.2, 0.25) is 5.91 Å². The van der Waals surface area contributed by atoms with Gasteiger partial charge in [-0.15, -0.1) is 0 Å². The van der Waals surface area contributed by atoms with E-state index in [0.29, 0.717) is 18.9 Å². The number of morpholine rings is 1. The van der Waals surface area contributed by atoms with Crippen molar-refractivity contribution in [3.63, 3.8) is 0 Å². The molecule has 0 aliphatic carbocycles. The van der Waals surface area contributed by atoms with E-state index in [9.17, 15) is 4.79 Å². The molecule has 31 heavy (non-hydrogen) atoms. The van der Waals surface area contributed by atoms with Crippen LogP contribution in [0.2, 0.25) is 0 Å². The number of rotatable bonds is 9. The van der Waals surface area contributed by atoms with Crippen LogP contribution in [0.5, 0.6) is 0 Å². The maximum atomic E-state index is 12.2. The molecule has 1 atom stereocenters. The Hall–Kier alpha value is -2.12. The summed E-state index contributed by atoms with van der Waals surface area (Å²) in [6.45, 7) is 9.57. The SMILES string of the molecule is CCNC(=NCC(c1ccccc1)N1CCOCC1)NCCCN1CCCCCC1=O. The molecule has 2 heterocycles. The zero-order valence-corrected chi connectivity index (χ0v) is 19.0. The van der Waals surface area contributed by atoms with Gasteiger partial charge in [-0.2, -0.15) is 0 Å². The Labute approximate surface area is 187 Å². The molecule has 0 bridgehead atoms. The summed E-state index contributed by atoms with van der Waals surface area (Å²) in [5.74, 6) is 1.16. The summed E-state index contributed by atoms with van der Waals surface area (Å²) in [4.78, 5) is 21.6. The predicted octanol–water partition coefficient (Wildman–Crippen LogP) is 2.41. The minimum Gasteiger partial charge on any atom is -0.379 e. The summed E-state index contributed by atoms with van der Waals surface area (Å²) in [6, 6.07) is 10.9. The highest BCUT2D eigenvalue weighted by atomic mass is 16.5. The number of aliphatic imine (C=N–C) groups is 1. The molecule has 2 aliphatic heterocycles. The van der Waals surface area contributed by atoms with E-state index in [2.05, 4.69) is 52.8 Å². The van der Waals surface area contributed by atoms with E-state index >= 15 is 0 Å². The van der Waals surface area contributed by atoms with E-state index < -0.39 is 0 Å². The molecule has 1 unspecified atom stereocenters. The first-order valence-electron chi connectivity index (χ1n) is 11.9. The van der Waals surface area contributed by atoms with Gasteiger partial charge < -0.3 is 20.3 Å². The lowest BCUT2D eigenvalue weighted by molar-refractivity contribution is -0.130. The molecule has 0 aromatic heterocycles. The molecule has 172 valence electrons. The maximum Gasteiger partial charge on any atom is 0.222 e. The normalized spacial score (nSPS) is 19.7. The van der Waals surface area contributed by atoms with Gasteiger partial charge in [0, 0.05) is 45.7 Å². The van der Waals surface area contributed by atoms with E-state index in [0.717, 1.165) is 77.7 Å². The minimum atomic E-state index is 0.246. The number of nitrogens with zero attached hydrogens (tertiary/aromatic N) is 3. The maximum absolute atomic E-state index is 12.2. The van der Waals surface area contributed by atoms with Gasteiger partial charge in [-0.05, 0) is 31.7 Å². The zero-order valence-electron chi connectivity index (χ0n) is 19.0. The second kappa shape index (κ2) is 13.3. The fourth-order valence-corrected chi connectivity index (χ4v) is 4.27. The summed E-state index contributed by atoms with van der Waals surface area (Å²) < 4.78 is 5.55. The molecule has 3 rings (SSSR count). The first-order chi connectivity index (χ1) is 15.3. The van der Waals surface area contributed by atoms with E-state index in [1.807, 2.05) is 4.90 Å². The molecule has 2 N–H and O–H groups in total. The van der Waals surface area contributed by atoms with Crippen LogP contribution >= 0.6 is 0 Å². The lowest BCUT2D eigenvalue weighted by Gasteiger charge is -2.34. The molecule has 1 amide bonds. The Kier molecular flexibility index (Phi) is 10.1. The van der Waals surface area contributed by atoms with Gasteiger partial charge >= 0.3 is 0 Å². The van der Waals surface area contributed by atoms with Gasteiger partial charge in [0.05, 0.1) is 25.8 Å². The lowest BCUT2D eigenvalue weighted by atomic mass is 10.1. The second-order valence-corrected chi connectivity index (χ2v) is 8.27. The van der Waals surface area contributed by atoms with Crippen LogP contribution in [0.15, 0.2) is 35.3 Å². The Morgan fingerprint density at radius 3 is 2.68 bits per heavy atom. The van der Waals surface area contributed by atoms with Crippen molar-refractivity contribution >= 4 is 11.9 Å². The highest BCUT2D eigenvalue weighted by Gasteiger charge is 2.22. The van der Waals surface area contributed by atoms with Gasteiger partial charge in [0.25, 0.3) is 0 Å². The summed E-state index contributed by atoms with van der Waals surface area (Å²) >= 11 is 0. The topological polar surface area (TPSA) is 69.2 Å². The summed E-state index contributed by atoms with van der Waals surface area (Å²) in [6.07, 6.45) is 4.98. The Bertz CT molecular complexity index is 676. The van der Waals surface area contributed by atoms with Crippen molar-refractivity contribution in [2.45, 2.75) is 45.1 Å². The van der Waals surface area contributed by atoms with Crippen LogP contribution in [0, 0.1) is 0 Å². The number of guanidine groups is 1. The number of benzene rings is 1. The van der Waals surface area contributed by atoms with Crippen molar-refractivity contribution in [1.29, 1.82) is 0 Å². The lowest BCUT2D eigenvalue weighted by Crippen LogP contribution is -2.42. The van der Waals surface area contributed by atoms with E-state index in [4.69, 9.17) is 9.73 Å². The van der Waals surface area contributed by atoms with Crippen LogP contribution < -0.4 is 10.6 Å². The number of hydrogen-bond donors (Lipinski definition) is 2. The van der Waals surface area contributed by atoms with Gasteiger partial charge in [-0.3, -0.25) is 14.7 Å². The highest BCUT2D eigenvalue weighted by molar-refractivity contribution is 5.79. The fourth-order valence-electron chi connectivity index (χ4n) is 4.27. The summed E-state index contributed by atoms with van der Waals surface area (Å²) in [5.41, 5.74) is 1.30. The molecule has 2 aliphatic rings. The molecule has 0 radical (unpaired) electrons. The smallest absolute Gasteiger partial charge is 0.222 e. The van der Waals surface area contributed by atoms with Crippen LogP contribution in [0.4, 0.5) is 0 Å². The first kappa shape index (κ1) is 23.5. The molecule has 2 fully saturated rings. The number of likely N-dealkylation sites (tertiary alicyclic amines) is 1. The van der Waals surface area contributed by atoms with Crippen LogP contribution in [0.3, 0.4) is 0 Å². The Morgan fingerprint density at radius 1 is 1.10 bits per heavy atom. The molecule has 1 aromatic carbocycles. The van der Waals surface area contributed by atoms with Crippen molar-refractivity contribution in [3.05, 3.63) is 35.9 Å². The van der Waals surface area contributed by atoms with Crippen molar-refractivity contribution in [2.75, 3.05) is 59.0 Å². The van der Waals surface area contributed by atoms with Gasteiger partial charge in [0.1, 0.15) is 0 Å². The van der Waals surface area contributed by atoms with Gasteiger partial charge in [-0.25, -0.2) is 0 Å². The largest absolute Gasteiger partial charge is 0.379 e. The van der Waals surface area contributed by atoms with Crippen LogP contribution in [-0.4, -0.2) is 80.7 Å². The number of nitrogens with one attached hydrogen (secondary N) is 2. The quantitative estimate of drug-likeness (QED) is 0.358. The average Bonchev–Trinajstić information content (AvgIpc) is 3.02. The number of carbonyl (C=O) groups is 1. The fraction of sp³-hybridized carbons (Fsp3) is 0.667. The molecule has 1 aromatic rings. The van der Waals surface area contributed by atoms with Crippen LogP contribution in [0.25, 0.3) is 0 Å². The third-order valence-corrected chi connectivity index (χ3v) is 6.01. The van der Waals surface area contributed by atoms with Crippen LogP contribution in [0.1, 0.15) is 50.6 Å². The monoisotopic (exact) mass is 429 g/mol. The number of hydrogen-bond acceptors (Lipinski definition) is 4. The zero-order chi connectivity index (χ0) is 21.7. The van der Waals surface area contributed by atoms with Crippen LogP contribution in [-0.2, 0) is 9.53 Å². The summed E-state index contributed by atoms with van der Waals surface area (Å²) in [5, 5.41) is 6.82.